The lowest BCUT2D eigenvalue weighted by Gasteiger charge is -2.17. The highest BCUT2D eigenvalue weighted by Gasteiger charge is 2.17. The molecule has 0 heterocycles. The maximum Gasteiger partial charge on any atom is 0.279 e. The molecule has 1 atom stereocenters. The number of benzene rings is 2. The number of hydrogen-bond acceptors (Lipinski definition) is 5. The van der Waals surface area contributed by atoms with Crippen molar-refractivity contribution in [2.45, 2.75) is 31.8 Å². The molecular formula is C19H22N2O5S. The van der Waals surface area contributed by atoms with Crippen LogP contribution in [0.2, 0.25) is 0 Å². The molecule has 144 valence electrons. The lowest BCUT2D eigenvalue weighted by Crippen LogP contribution is -2.47. The molecule has 2 amide bonds. The highest BCUT2D eigenvalue weighted by Crippen LogP contribution is 2.21. The quantitative estimate of drug-likeness (QED) is 0.760. The number of rotatable bonds is 5. The Labute approximate surface area is 158 Å². The second-order valence-electron chi connectivity index (χ2n) is 6.20. The maximum atomic E-state index is 12.1. The van der Waals surface area contributed by atoms with E-state index in [0.717, 1.165) is 17.4 Å². The lowest BCUT2D eigenvalue weighted by molar-refractivity contribution is -0.128. The van der Waals surface area contributed by atoms with Crippen LogP contribution >= 0.6 is 0 Å². The van der Waals surface area contributed by atoms with Crippen molar-refractivity contribution in [3.05, 3.63) is 59.2 Å². The summed E-state index contributed by atoms with van der Waals surface area (Å²) in [4.78, 5) is 24.3. The average Bonchev–Trinajstić information content (AvgIpc) is 2.62. The lowest BCUT2D eigenvalue weighted by atomic mass is 10.1. The first-order valence-corrected chi connectivity index (χ1v) is 10.1. The van der Waals surface area contributed by atoms with Crippen LogP contribution in [0.3, 0.4) is 0 Å². The number of sulfone groups is 1. The number of carbonyl (C=O) groups excluding carboxylic acids is 2. The van der Waals surface area contributed by atoms with Crippen LogP contribution in [0, 0.1) is 13.8 Å². The molecule has 27 heavy (non-hydrogen) atoms. The average molecular weight is 390 g/mol. The number of hydrazine groups is 1. The largest absolute Gasteiger partial charge is 0.481 e. The molecule has 0 spiro atoms. The minimum Gasteiger partial charge on any atom is -0.481 e. The zero-order valence-corrected chi connectivity index (χ0v) is 16.4. The SMILES string of the molecule is Cc1cccc(O[C@@H](C)C(=O)NNC(=O)c2ccc(S(C)(=O)=O)cc2)c1C. The summed E-state index contributed by atoms with van der Waals surface area (Å²) in [6, 6.07) is 11.0. The predicted octanol–water partition coefficient (Wildman–Crippen LogP) is 1.94. The van der Waals surface area contributed by atoms with Gasteiger partial charge in [-0.05, 0) is 62.2 Å². The monoisotopic (exact) mass is 390 g/mol. The van der Waals surface area contributed by atoms with Crippen molar-refractivity contribution < 1.29 is 22.7 Å². The van der Waals surface area contributed by atoms with Gasteiger partial charge in [0.2, 0.25) is 0 Å². The Kier molecular flexibility index (Phi) is 6.22. The van der Waals surface area contributed by atoms with Gasteiger partial charge in [0.15, 0.2) is 15.9 Å². The summed E-state index contributed by atoms with van der Waals surface area (Å²) in [6.07, 6.45) is 0.262. The second kappa shape index (κ2) is 8.22. The summed E-state index contributed by atoms with van der Waals surface area (Å²) in [5.74, 6) is -0.486. The minimum absolute atomic E-state index is 0.110. The fourth-order valence-corrected chi connectivity index (χ4v) is 2.87. The Morgan fingerprint density at radius 1 is 1.00 bits per heavy atom. The van der Waals surface area contributed by atoms with Crippen molar-refractivity contribution in [2.24, 2.45) is 0 Å². The number of amides is 2. The van der Waals surface area contributed by atoms with Crippen LogP contribution < -0.4 is 15.6 Å². The van der Waals surface area contributed by atoms with Gasteiger partial charge in [-0.25, -0.2) is 8.42 Å². The van der Waals surface area contributed by atoms with Crippen molar-refractivity contribution >= 4 is 21.7 Å². The minimum atomic E-state index is -3.34. The normalized spacial score (nSPS) is 12.1. The molecule has 0 fully saturated rings. The third kappa shape index (κ3) is 5.30. The molecule has 0 saturated carbocycles. The van der Waals surface area contributed by atoms with Crippen molar-refractivity contribution in [3.63, 3.8) is 0 Å². The fourth-order valence-electron chi connectivity index (χ4n) is 2.24. The van der Waals surface area contributed by atoms with Crippen LogP contribution in [0.1, 0.15) is 28.4 Å². The molecule has 0 aliphatic rings. The summed E-state index contributed by atoms with van der Waals surface area (Å²) in [5.41, 5.74) is 6.78. The Morgan fingerprint density at radius 3 is 2.22 bits per heavy atom. The summed E-state index contributed by atoms with van der Waals surface area (Å²) in [7, 11) is -3.34. The Hall–Kier alpha value is -2.87. The molecule has 0 unspecified atom stereocenters. The molecule has 2 aromatic carbocycles. The van der Waals surface area contributed by atoms with E-state index in [1.54, 1.807) is 13.0 Å². The Balaban J connectivity index is 1.94. The van der Waals surface area contributed by atoms with E-state index >= 15 is 0 Å². The molecule has 8 heteroatoms. The van der Waals surface area contributed by atoms with Gasteiger partial charge in [0.1, 0.15) is 5.75 Å². The van der Waals surface area contributed by atoms with Crippen molar-refractivity contribution in [1.82, 2.24) is 10.9 Å². The van der Waals surface area contributed by atoms with Crippen molar-refractivity contribution in [3.8, 4) is 5.75 Å². The molecule has 0 radical (unpaired) electrons. The van der Waals surface area contributed by atoms with Crippen LogP contribution in [-0.2, 0) is 14.6 Å². The van der Waals surface area contributed by atoms with Crippen molar-refractivity contribution in [1.29, 1.82) is 0 Å². The van der Waals surface area contributed by atoms with Crippen LogP contribution in [0.5, 0.6) is 5.75 Å². The molecule has 0 aromatic heterocycles. The standard InChI is InChI=1S/C19H22N2O5S/c1-12-6-5-7-17(13(12)2)26-14(3)18(22)20-21-19(23)15-8-10-16(11-9-15)27(4,24)25/h5-11,14H,1-4H3,(H,20,22)(H,21,23)/t14-/m0/s1. The van der Waals surface area contributed by atoms with Gasteiger partial charge < -0.3 is 4.74 Å². The first-order valence-electron chi connectivity index (χ1n) is 8.23. The molecule has 2 rings (SSSR count). The van der Waals surface area contributed by atoms with Gasteiger partial charge in [-0.2, -0.15) is 0 Å². The van der Waals surface area contributed by atoms with Gasteiger partial charge in [-0.15, -0.1) is 0 Å². The molecule has 0 bridgehead atoms. The molecule has 7 nitrogen and oxygen atoms in total. The van der Waals surface area contributed by atoms with Crippen LogP contribution in [0.15, 0.2) is 47.4 Å². The van der Waals surface area contributed by atoms with Crippen molar-refractivity contribution in [2.75, 3.05) is 6.26 Å². The molecule has 0 aliphatic carbocycles. The number of nitrogens with one attached hydrogen (secondary N) is 2. The highest BCUT2D eigenvalue weighted by atomic mass is 32.2. The smallest absolute Gasteiger partial charge is 0.279 e. The molecule has 2 aromatic rings. The van der Waals surface area contributed by atoms with E-state index in [-0.39, 0.29) is 10.5 Å². The van der Waals surface area contributed by atoms with Gasteiger partial charge >= 0.3 is 0 Å². The molecule has 2 N–H and O–H groups in total. The van der Waals surface area contributed by atoms with Crippen LogP contribution in [-0.4, -0.2) is 32.6 Å². The third-order valence-electron chi connectivity index (χ3n) is 4.07. The molecule has 0 aliphatic heterocycles. The van der Waals surface area contributed by atoms with Gasteiger partial charge in [0, 0.05) is 11.8 Å². The van der Waals surface area contributed by atoms with E-state index in [9.17, 15) is 18.0 Å². The Bertz CT molecular complexity index is 953. The topological polar surface area (TPSA) is 102 Å². The highest BCUT2D eigenvalue weighted by molar-refractivity contribution is 7.90. The van der Waals surface area contributed by atoms with Crippen LogP contribution in [0.4, 0.5) is 0 Å². The summed E-state index contributed by atoms with van der Waals surface area (Å²) < 4.78 is 28.5. The van der Waals surface area contributed by atoms with Gasteiger partial charge in [-0.1, -0.05) is 12.1 Å². The fraction of sp³-hybridized carbons (Fsp3) is 0.263. The maximum absolute atomic E-state index is 12.1. The Morgan fingerprint density at radius 2 is 1.63 bits per heavy atom. The zero-order valence-electron chi connectivity index (χ0n) is 15.6. The summed E-state index contributed by atoms with van der Waals surface area (Å²) in [5, 5.41) is 0. The van der Waals surface area contributed by atoms with Gasteiger partial charge in [0.25, 0.3) is 11.8 Å². The molecule has 0 saturated heterocycles. The second-order valence-corrected chi connectivity index (χ2v) is 8.21. The van der Waals surface area contributed by atoms with Gasteiger partial charge in [0.05, 0.1) is 4.90 Å². The van der Waals surface area contributed by atoms with E-state index in [0.29, 0.717) is 5.75 Å². The number of ether oxygens (including phenoxy) is 1. The first kappa shape index (κ1) is 20.4. The molecular weight excluding hydrogens is 368 g/mol. The van der Waals surface area contributed by atoms with Gasteiger partial charge in [-0.3, -0.25) is 20.4 Å². The zero-order chi connectivity index (χ0) is 20.2. The van der Waals surface area contributed by atoms with E-state index in [1.165, 1.54) is 24.3 Å². The third-order valence-corrected chi connectivity index (χ3v) is 5.20. The number of carbonyl (C=O) groups is 2. The summed E-state index contributed by atoms with van der Waals surface area (Å²) in [6.45, 7) is 5.42. The summed E-state index contributed by atoms with van der Waals surface area (Å²) >= 11 is 0. The van der Waals surface area contributed by atoms with Crippen LogP contribution in [0.25, 0.3) is 0 Å². The first-order chi connectivity index (χ1) is 12.6. The predicted molar refractivity (Wildman–Crippen MR) is 101 cm³/mol. The number of hydrogen-bond donors (Lipinski definition) is 2. The van der Waals surface area contributed by atoms with E-state index in [2.05, 4.69) is 10.9 Å². The number of aryl methyl sites for hydroxylation is 1. The van der Waals surface area contributed by atoms with E-state index in [4.69, 9.17) is 4.74 Å². The van der Waals surface area contributed by atoms with E-state index in [1.807, 2.05) is 26.0 Å². The van der Waals surface area contributed by atoms with E-state index < -0.39 is 27.8 Å².